The Labute approximate surface area is 152 Å². The zero-order valence-electron chi connectivity index (χ0n) is 12.7. The summed E-state index contributed by atoms with van der Waals surface area (Å²) in [6.45, 7) is 2.85. The standard InChI is InChI=1S/C12H8N2S.C5H8O2.Ir/c1-2-7-11-9(5-1)14-12(15-11)10-6-3-4-8-13-10;1-4(6)3-5(2)7;/h1-8H;3,6H,1-2H3;. The van der Waals surface area contributed by atoms with Gasteiger partial charge in [-0.25, -0.2) is 4.98 Å². The molecular weight excluding hydrogens is 488 g/mol. The smallest absolute Gasteiger partial charge is 0.155 e. The third kappa shape index (κ3) is 6.02. The average Bonchev–Trinajstić information content (AvgIpc) is 2.91. The molecule has 0 spiro atoms. The SMILES string of the molecule is CC(=O)C=C(C)O.[Ir].c1ccc(-c2nc3ccccc3s2)nc1. The second-order valence-corrected chi connectivity index (χ2v) is 5.63. The van der Waals surface area contributed by atoms with E-state index >= 15 is 0 Å². The number of aromatic nitrogens is 2. The van der Waals surface area contributed by atoms with E-state index in [0.717, 1.165) is 16.2 Å². The number of hydrogen-bond donors (Lipinski definition) is 1. The van der Waals surface area contributed by atoms with Crippen LogP contribution in [0.2, 0.25) is 0 Å². The molecule has 1 aromatic carbocycles. The molecule has 0 atom stereocenters. The average molecular weight is 505 g/mol. The van der Waals surface area contributed by atoms with Crippen LogP contribution in [0, 0.1) is 0 Å². The quantitative estimate of drug-likeness (QED) is 0.415. The number of carbonyl (C=O) groups is 1. The number of nitrogens with zero attached hydrogens (tertiary/aromatic N) is 2. The first-order chi connectivity index (χ1) is 10.6. The van der Waals surface area contributed by atoms with Gasteiger partial charge in [-0.2, -0.15) is 0 Å². The summed E-state index contributed by atoms with van der Waals surface area (Å²) in [5, 5.41) is 9.35. The molecule has 4 nitrogen and oxygen atoms in total. The van der Waals surface area contributed by atoms with Crippen molar-refractivity contribution in [3.8, 4) is 10.7 Å². The van der Waals surface area contributed by atoms with Gasteiger partial charge < -0.3 is 5.11 Å². The van der Waals surface area contributed by atoms with Gasteiger partial charge in [-0.3, -0.25) is 9.78 Å². The van der Waals surface area contributed by atoms with Crippen molar-refractivity contribution in [3.63, 3.8) is 0 Å². The fourth-order valence-corrected chi connectivity index (χ4v) is 2.71. The molecule has 3 aromatic rings. The molecule has 1 radical (unpaired) electrons. The summed E-state index contributed by atoms with van der Waals surface area (Å²) in [5.41, 5.74) is 1.99. The molecule has 0 aliphatic carbocycles. The summed E-state index contributed by atoms with van der Waals surface area (Å²) >= 11 is 1.68. The predicted molar refractivity (Wildman–Crippen MR) is 89.9 cm³/mol. The van der Waals surface area contributed by atoms with Crippen LogP contribution < -0.4 is 0 Å². The van der Waals surface area contributed by atoms with E-state index in [1.54, 1.807) is 17.5 Å². The second-order valence-electron chi connectivity index (χ2n) is 4.60. The number of fused-ring (bicyclic) bond motifs is 1. The summed E-state index contributed by atoms with van der Waals surface area (Å²) in [6, 6.07) is 14.0. The number of pyridine rings is 1. The fourth-order valence-electron chi connectivity index (χ4n) is 1.77. The van der Waals surface area contributed by atoms with Crippen LogP contribution in [0.4, 0.5) is 0 Å². The summed E-state index contributed by atoms with van der Waals surface area (Å²) in [5.74, 6) is -0.0625. The number of carbonyl (C=O) groups excluding carboxylic acids is 1. The molecule has 0 saturated carbocycles. The molecule has 0 amide bonds. The van der Waals surface area contributed by atoms with Gasteiger partial charge in [-0.05, 0) is 38.1 Å². The summed E-state index contributed by atoms with van der Waals surface area (Å²) in [4.78, 5) is 18.8. The molecule has 0 fully saturated rings. The van der Waals surface area contributed by atoms with Crippen molar-refractivity contribution in [2.45, 2.75) is 13.8 Å². The van der Waals surface area contributed by atoms with Crippen LogP contribution >= 0.6 is 11.3 Å². The van der Waals surface area contributed by atoms with Crippen molar-refractivity contribution < 1.29 is 30.0 Å². The van der Waals surface area contributed by atoms with E-state index in [9.17, 15) is 4.79 Å². The van der Waals surface area contributed by atoms with Crippen molar-refractivity contribution in [1.82, 2.24) is 9.97 Å². The van der Waals surface area contributed by atoms with Crippen LogP contribution in [-0.2, 0) is 24.9 Å². The van der Waals surface area contributed by atoms with Gasteiger partial charge in [0.05, 0.1) is 21.7 Å². The van der Waals surface area contributed by atoms with Crippen LogP contribution in [0.5, 0.6) is 0 Å². The van der Waals surface area contributed by atoms with Gasteiger partial charge in [0.2, 0.25) is 0 Å². The zero-order chi connectivity index (χ0) is 15.9. The van der Waals surface area contributed by atoms with Crippen molar-refractivity contribution >= 4 is 27.3 Å². The number of hydrogen-bond acceptors (Lipinski definition) is 5. The Kier molecular flexibility index (Phi) is 7.75. The first kappa shape index (κ1) is 19.2. The van der Waals surface area contributed by atoms with Crippen LogP contribution in [-0.4, -0.2) is 20.9 Å². The monoisotopic (exact) mass is 505 g/mol. The van der Waals surface area contributed by atoms with Gasteiger partial charge in [0.1, 0.15) is 5.01 Å². The predicted octanol–water partition coefficient (Wildman–Crippen LogP) is 4.39. The van der Waals surface area contributed by atoms with Crippen molar-refractivity contribution in [2.24, 2.45) is 0 Å². The number of benzene rings is 1. The van der Waals surface area contributed by atoms with Gasteiger partial charge in [0, 0.05) is 32.4 Å². The zero-order valence-corrected chi connectivity index (χ0v) is 15.9. The van der Waals surface area contributed by atoms with Crippen LogP contribution in [0.25, 0.3) is 20.9 Å². The van der Waals surface area contributed by atoms with E-state index in [2.05, 4.69) is 16.0 Å². The fraction of sp³-hybridized carbons (Fsp3) is 0.118. The number of ketones is 1. The molecule has 0 aliphatic heterocycles. The van der Waals surface area contributed by atoms with Crippen LogP contribution in [0.3, 0.4) is 0 Å². The minimum atomic E-state index is -0.125. The van der Waals surface area contributed by atoms with E-state index in [1.165, 1.54) is 24.6 Å². The largest absolute Gasteiger partial charge is 0.512 e. The normalized spacial score (nSPS) is 10.4. The molecule has 0 bridgehead atoms. The molecule has 3 rings (SSSR count). The Hall–Kier alpha value is -1.88. The molecule has 2 aromatic heterocycles. The third-order valence-electron chi connectivity index (χ3n) is 2.59. The van der Waals surface area contributed by atoms with Crippen molar-refractivity contribution in [2.75, 3.05) is 0 Å². The molecule has 0 unspecified atom stereocenters. The Morgan fingerprint density at radius 1 is 1.13 bits per heavy atom. The number of aliphatic hydroxyl groups is 1. The van der Waals surface area contributed by atoms with Gasteiger partial charge in [-0.15, -0.1) is 11.3 Å². The number of allylic oxidation sites excluding steroid dienone is 2. The minimum absolute atomic E-state index is 0. The molecule has 0 aliphatic rings. The minimum Gasteiger partial charge on any atom is -0.512 e. The Bertz CT molecular complexity index is 763. The van der Waals surface area contributed by atoms with E-state index in [-0.39, 0.29) is 31.6 Å². The van der Waals surface area contributed by atoms with Crippen molar-refractivity contribution in [1.29, 1.82) is 0 Å². The molecule has 121 valence electrons. The van der Waals surface area contributed by atoms with E-state index in [0.29, 0.717) is 0 Å². The number of aliphatic hydroxyl groups excluding tert-OH is 1. The van der Waals surface area contributed by atoms with E-state index in [1.807, 2.05) is 36.4 Å². The van der Waals surface area contributed by atoms with Gasteiger partial charge in [0.15, 0.2) is 5.78 Å². The summed E-state index contributed by atoms with van der Waals surface area (Å²) in [7, 11) is 0. The first-order valence-electron chi connectivity index (χ1n) is 6.71. The maximum Gasteiger partial charge on any atom is 0.155 e. The first-order valence-corrected chi connectivity index (χ1v) is 7.52. The van der Waals surface area contributed by atoms with Gasteiger partial charge in [0.25, 0.3) is 0 Å². The molecule has 23 heavy (non-hydrogen) atoms. The van der Waals surface area contributed by atoms with Gasteiger partial charge >= 0.3 is 0 Å². The Morgan fingerprint density at radius 3 is 2.35 bits per heavy atom. The number of rotatable bonds is 2. The topological polar surface area (TPSA) is 63.1 Å². The van der Waals surface area contributed by atoms with E-state index in [4.69, 9.17) is 5.11 Å². The van der Waals surface area contributed by atoms with Gasteiger partial charge in [-0.1, -0.05) is 18.2 Å². The number of para-hydroxylation sites is 1. The molecule has 1 N–H and O–H groups in total. The van der Waals surface area contributed by atoms with Crippen LogP contribution in [0.1, 0.15) is 13.8 Å². The van der Waals surface area contributed by atoms with E-state index < -0.39 is 0 Å². The molecule has 6 heteroatoms. The molecule has 2 heterocycles. The molecular formula is C17H16IrN2O2S. The van der Waals surface area contributed by atoms with Crippen LogP contribution in [0.15, 0.2) is 60.5 Å². The van der Waals surface area contributed by atoms with Crippen molar-refractivity contribution in [3.05, 3.63) is 60.5 Å². The third-order valence-corrected chi connectivity index (χ3v) is 3.65. The molecule has 0 saturated heterocycles. The Balaban J connectivity index is 0.000000287. The summed E-state index contributed by atoms with van der Waals surface area (Å²) in [6.07, 6.45) is 2.96. The maximum absolute atomic E-state index is 10.0. The maximum atomic E-state index is 10.0. The summed E-state index contributed by atoms with van der Waals surface area (Å²) < 4.78 is 1.21. The number of thiazole rings is 1. The second kappa shape index (κ2) is 9.30. The Morgan fingerprint density at radius 2 is 1.83 bits per heavy atom.